The molecule has 0 saturated carbocycles. The molecule has 1 aliphatic rings. The first-order valence-electron chi connectivity index (χ1n) is 8.55. The van der Waals surface area contributed by atoms with Crippen molar-refractivity contribution in [2.75, 3.05) is 20.3 Å². The van der Waals surface area contributed by atoms with Crippen LogP contribution in [0, 0.1) is 19.8 Å². The van der Waals surface area contributed by atoms with Gasteiger partial charge in [0.05, 0.1) is 19.3 Å². The van der Waals surface area contributed by atoms with Gasteiger partial charge in [0, 0.05) is 19.3 Å². The third-order valence-electron chi connectivity index (χ3n) is 4.76. The molecule has 0 amide bonds. The Bertz CT molecular complexity index is 626. The maximum absolute atomic E-state index is 5.71. The summed E-state index contributed by atoms with van der Waals surface area (Å²) < 4.78 is 16.5. The maximum atomic E-state index is 5.71. The van der Waals surface area contributed by atoms with Crippen molar-refractivity contribution < 1.29 is 13.9 Å². The minimum absolute atomic E-state index is 0.257. The number of ether oxygens (including phenoxy) is 2. The highest BCUT2D eigenvalue weighted by Gasteiger charge is 2.25. The van der Waals surface area contributed by atoms with Gasteiger partial charge in [-0.25, -0.2) is 4.98 Å². The van der Waals surface area contributed by atoms with Gasteiger partial charge in [-0.2, -0.15) is 0 Å². The second kappa shape index (κ2) is 7.81. The van der Waals surface area contributed by atoms with Gasteiger partial charge < -0.3 is 19.2 Å². The van der Waals surface area contributed by atoms with E-state index >= 15 is 0 Å². The van der Waals surface area contributed by atoms with Crippen molar-refractivity contribution in [2.24, 2.45) is 5.92 Å². The molecule has 1 saturated heterocycles. The summed E-state index contributed by atoms with van der Waals surface area (Å²) in [7, 11) is 1.69. The molecule has 1 N–H and O–H groups in total. The van der Waals surface area contributed by atoms with Gasteiger partial charge in [0.15, 0.2) is 0 Å². The first-order chi connectivity index (χ1) is 11.7. The van der Waals surface area contributed by atoms with Crippen molar-refractivity contribution >= 4 is 0 Å². The van der Waals surface area contributed by atoms with Crippen LogP contribution in [0.4, 0.5) is 0 Å². The third-order valence-corrected chi connectivity index (χ3v) is 4.76. The van der Waals surface area contributed by atoms with E-state index in [-0.39, 0.29) is 6.04 Å². The van der Waals surface area contributed by atoms with Crippen molar-refractivity contribution in [2.45, 2.75) is 39.3 Å². The van der Waals surface area contributed by atoms with E-state index in [0.717, 1.165) is 49.1 Å². The Kier molecular flexibility index (Phi) is 5.53. The fourth-order valence-corrected chi connectivity index (χ4v) is 3.23. The highest BCUT2D eigenvalue weighted by molar-refractivity contribution is 5.29. The predicted octanol–water partition coefficient (Wildman–Crippen LogP) is 3.56. The lowest BCUT2D eigenvalue weighted by molar-refractivity contribution is 0.0530. The molecule has 5 nitrogen and oxygen atoms in total. The Morgan fingerprint density at radius 3 is 2.50 bits per heavy atom. The van der Waals surface area contributed by atoms with Gasteiger partial charge in [0.1, 0.15) is 11.5 Å². The van der Waals surface area contributed by atoms with E-state index in [4.69, 9.17) is 13.9 Å². The van der Waals surface area contributed by atoms with Crippen LogP contribution in [0.3, 0.4) is 0 Å². The zero-order chi connectivity index (χ0) is 16.9. The zero-order valence-corrected chi connectivity index (χ0v) is 14.7. The summed E-state index contributed by atoms with van der Waals surface area (Å²) in [6.45, 7) is 6.21. The predicted molar refractivity (Wildman–Crippen MR) is 92.1 cm³/mol. The van der Waals surface area contributed by atoms with Crippen LogP contribution in [0.5, 0.6) is 5.75 Å². The van der Waals surface area contributed by atoms with Crippen LogP contribution in [-0.2, 0) is 11.3 Å². The van der Waals surface area contributed by atoms with E-state index in [1.165, 1.54) is 5.56 Å². The zero-order valence-electron chi connectivity index (χ0n) is 14.7. The number of nitrogens with zero attached hydrogens (tertiary/aromatic N) is 1. The first-order valence-corrected chi connectivity index (χ1v) is 8.55. The van der Waals surface area contributed by atoms with Gasteiger partial charge in [-0.15, -0.1) is 0 Å². The highest BCUT2D eigenvalue weighted by atomic mass is 16.5. The van der Waals surface area contributed by atoms with Crippen molar-refractivity contribution in [3.05, 3.63) is 47.2 Å². The van der Waals surface area contributed by atoms with Crippen LogP contribution in [0.15, 0.2) is 28.7 Å². The largest absolute Gasteiger partial charge is 0.497 e. The van der Waals surface area contributed by atoms with Crippen LogP contribution in [-0.4, -0.2) is 25.3 Å². The molecule has 0 aliphatic carbocycles. The molecule has 5 heteroatoms. The number of oxazole rings is 1. The number of rotatable bonds is 6. The third kappa shape index (κ3) is 3.97. The summed E-state index contributed by atoms with van der Waals surface area (Å²) >= 11 is 0. The van der Waals surface area contributed by atoms with Crippen LogP contribution >= 0.6 is 0 Å². The molecule has 0 unspecified atom stereocenters. The molecule has 1 atom stereocenters. The lowest BCUT2D eigenvalue weighted by atomic mass is 9.87. The summed E-state index contributed by atoms with van der Waals surface area (Å²) in [5.41, 5.74) is 2.22. The molecule has 1 fully saturated rings. The molecule has 24 heavy (non-hydrogen) atoms. The fraction of sp³-hybridized carbons (Fsp3) is 0.526. The van der Waals surface area contributed by atoms with Crippen LogP contribution in [0.25, 0.3) is 0 Å². The summed E-state index contributed by atoms with van der Waals surface area (Å²) in [5, 5.41) is 3.65. The van der Waals surface area contributed by atoms with Gasteiger partial charge in [0.2, 0.25) is 5.89 Å². The van der Waals surface area contributed by atoms with E-state index in [0.29, 0.717) is 12.5 Å². The van der Waals surface area contributed by atoms with E-state index < -0.39 is 0 Å². The van der Waals surface area contributed by atoms with E-state index in [2.05, 4.69) is 22.4 Å². The molecule has 0 bridgehead atoms. The lowest BCUT2D eigenvalue weighted by Crippen LogP contribution is -2.32. The summed E-state index contributed by atoms with van der Waals surface area (Å²) in [4.78, 5) is 4.47. The lowest BCUT2D eigenvalue weighted by Gasteiger charge is -2.31. The van der Waals surface area contributed by atoms with E-state index in [9.17, 15) is 0 Å². The van der Waals surface area contributed by atoms with E-state index in [1.54, 1.807) is 7.11 Å². The van der Waals surface area contributed by atoms with E-state index in [1.807, 2.05) is 26.0 Å². The molecule has 1 aromatic carbocycles. The maximum Gasteiger partial charge on any atom is 0.208 e. The number of methoxy groups -OCH3 is 1. The molecule has 3 rings (SSSR count). The van der Waals surface area contributed by atoms with Gasteiger partial charge >= 0.3 is 0 Å². The van der Waals surface area contributed by atoms with Gasteiger partial charge in [0.25, 0.3) is 0 Å². The highest BCUT2D eigenvalue weighted by Crippen LogP contribution is 2.31. The van der Waals surface area contributed by atoms with Crippen molar-refractivity contribution in [3.63, 3.8) is 0 Å². The molecule has 2 heterocycles. The molecule has 0 spiro atoms. The number of hydrogen-bond donors (Lipinski definition) is 1. The quantitative estimate of drug-likeness (QED) is 0.878. The average Bonchev–Trinajstić information content (AvgIpc) is 2.94. The second-order valence-corrected chi connectivity index (χ2v) is 6.33. The summed E-state index contributed by atoms with van der Waals surface area (Å²) in [6, 6.07) is 8.56. The molecule has 0 radical (unpaired) electrons. The Labute approximate surface area is 143 Å². The Morgan fingerprint density at radius 1 is 1.21 bits per heavy atom. The first kappa shape index (κ1) is 17.0. The SMILES string of the molecule is COc1ccc([C@H](NCc2nc(C)c(C)o2)C2CCOCC2)cc1. The molecular weight excluding hydrogens is 304 g/mol. The van der Waals surface area contributed by atoms with Crippen LogP contribution in [0.1, 0.15) is 41.8 Å². The standard InChI is InChI=1S/C19H26N2O3/c1-13-14(2)24-18(21-13)12-20-19(16-8-10-23-11-9-16)15-4-6-17(22-3)7-5-15/h4-7,16,19-20H,8-12H2,1-3H3/t19-/m0/s1. The average molecular weight is 330 g/mol. The number of aromatic nitrogens is 1. The van der Waals surface area contributed by atoms with Gasteiger partial charge in [-0.3, -0.25) is 0 Å². The monoisotopic (exact) mass is 330 g/mol. The number of aryl methyl sites for hydroxylation is 2. The molecule has 130 valence electrons. The molecule has 2 aromatic rings. The molecule has 1 aromatic heterocycles. The summed E-state index contributed by atoms with van der Waals surface area (Å²) in [5.74, 6) is 3.06. The number of benzene rings is 1. The van der Waals surface area contributed by atoms with Crippen molar-refractivity contribution in [1.82, 2.24) is 10.3 Å². The normalized spacial score (nSPS) is 17.0. The van der Waals surface area contributed by atoms with Gasteiger partial charge in [-0.1, -0.05) is 12.1 Å². The Balaban J connectivity index is 1.75. The minimum atomic E-state index is 0.257. The number of hydrogen-bond acceptors (Lipinski definition) is 5. The summed E-state index contributed by atoms with van der Waals surface area (Å²) in [6.07, 6.45) is 2.13. The van der Waals surface area contributed by atoms with Crippen LogP contribution < -0.4 is 10.1 Å². The smallest absolute Gasteiger partial charge is 0.208 e. The Morgan fingerprint density at radius 2 is 1.92 bits per heavy atom. The molecule has 1 aliphatic heterocycles. The second-order valence-electron chi connectivity index (χ2n) is 6.33. The van der Waals surface area contributed by atoms with Crippen LogP contribution in [0.2, 0.25) is 0 Å². The minimum Gasteiger partial charge on any atom is -0.497 e. The molecular formula is C19H26N2O3. The van der Waals surface area contributed by atoms with Gasteiger partial charge in [-0.05, 0) is 50.3 Å². The van der Waals surface area contributed by atoms with Crippen molar-refractivity contribution in [3.8, 4) is 5.75 Å². The number of nitrogens with one attached hydrogen (secondary N) is 1. The topological polar surface area (TPSA) is 56.5 Å². The Hall–Kier alpha value is -1.85. The van der Waals surface area contributed by atoms with Crippen molar-refractivity contribution in [1.29, 1.82) is 0 Å². The fourth-order valence-electron chi connectivity index (χ4n) is 3.23.